The summed E-state index contributed by atoms with van der Waals surface area (Å²) < 4.78 is 0. The van der Waals surface area contributed by atoms with E-state index in [9.17, 15) is 9.59 Å². The van der Waals surface area contributed by atoms with Crippen LogP contribution in [0.5, 0.6) is 0 Å². The van der Waals surface area contributed by atoms with Crippen LogP contribution in [-0.2, 0) is 4.79 Å². The Morgan fingerprint density at radius 1 is 1.09 bits per heavy atom. The number of hydrogen-bond acceptors (Lipinski definition) is 2. The molecule has 23 heavy (non-hydrogen) atoms. The fourth-order valence-corrected chi connectivity index (χ4v) is 3.06. The Hall–Kier alpha value is -2.04. The maximum absolute atomic E-state index is 12.0. The molecular formula is C18H27N3O2. The predicted octanol–water partition coefficient (Wildman–Crippen LogP) is 3.26. The minimum Gasteiger partial charge on any atom is -0.334 e. The largest absolute Gasteiger partial charge is 0.334 e. The van der Waals surface area contributed by atoms with Gasteiger partial charge in [0.05, 0.1) is 6.04 Å². The number of carbonyl (C=O) groups is 2. The molecule has 5 heteroatoms. The van der Waals surface area contributed by atoms with Gasteiger partial charge in [-0.2, -0.15) is 0 Å². The molecule has 0 spiro atoms. The van der Waals surface area contributed by atoms with Crippen LogP contribution in [0, 0.1) is 13.8 Å². The second-order valence-corrected chi connectivity index (χ2v) is 6.54. The summed E-state index contributed by atoms with van der Waals surface area (Å²) in [6, 6.07) is 6.40. The lowest BCUT2D eigenvalue weighted by Gasteiger charge is -2.13. The van der Waals surface area contributed by atoms with Gasteiger partial charge in [-0.3, -0.25) is 4.79 Å². The van der Waals surface area contributed by atoms with Crippen molar-refractivity contribution in [1.82, 2.24) is 10.6 Å². The molecule has 1 fully saturated rings. The minimum absolute atomic E-state index is 0.0687. The first-order chi connectivity index (χ1) is 10.9. The Morgan fingerprint density at radius 3 is 2.39 bits per heavy atom. The van der Waals surface area contributed by atoms with Gasteiger partial charge in [0.25, 0.3) is 0 Å². The summed E-state index contributed by atoms with van der Waals surface area (Å²) in [6.07, 6.45) is 4.39. The average molecular weight is 317 g/mol. The Morgan fingerprint density at radius 2 is 1.78 bits per heavy atom. The van der Waals surface area contributed by atoms with Gasteiger partial charge in [0, 0.05) is 18.2 Å². The Bertz CT molecular complexity index is 551. The molecule has 0 saturated carbocycles. The summed E-state index contributed by atoms with van der Waals surface area (Å²) in [6.45, 7) is 6.07. The Kier molecular flexibility index (Phi) is 6.02. The first kappa shape index (κ1) is 17.3. The summed E-state index contributed by atoms with van der Waals surface area (Å²) in [7, 11) is 0. The van der Waals surface area contributed by atoms with Gasteiger partial charge < -0.3 is 16.0 Å². The van der Waals surface area contributed by atoms with Crippen molar-refractivity contribution in [2.75, 3.05) is 5.32 Å². The molecule has 126 valence electrons. The molecule has 1 aromatic rings. The molecule has 1 aliphatic heterocycles. The van der Waals surface area contributed by atoms with Crippen LogP contribution in [0.2, 0.25) is 0 Å². The minimum atomic E-state index is -0.0738. The zero-order valence-electron chi connectivity index (χ0n) is 14.2. The maximum atomic E-state index is 12.0. The van der Waals surface area contributed by atoms with Crippen LogP contribution >= 0.6 is 0 Å². The molecule has 0 aromatic heterocycles. The molecule has 0 aliphatic carbocycles. The van der Waals surface area contributed by atoms with Gasteiger partial charge in [0.1, 0.15) is 0 Å². The summed E-state index contributed by atoms with van der Waals surface area (Å²) in [4.78, 5) is 23.2. The molecule has 1 heterocycles. The Balaban J connectivity index is 1.62. The average Bonchev–Trinajstić information content (AvgIpc) is 2.75. The number of benzene rings is 1. The van der Waals surface area contributed by atoms with Gasteiger partial charge in [0.15, 0.2) is 0 Å². The topological polar surface area (TPSA) is 70.2 Å². The molecule has 2 rings (SSSR count). The molecule has 1 aromatic carbocycles. The van der Waals surface area contributed by atoms with Gasteiger partial charge in [-0.15, -0.1) is 0 Å². The maximum Gasteiger partial charge on any atom is 0.315 e. The highest BCUT2D eigenvalue weighted by Crippen LogP contribution is 2.15. The lowest BCUT2D eigenvalue weighted by atomic mass is 10.0. The van der Waals surface area contributed by atoms with E-state index in [-0.39, 0.29) is 24.0 Å². The van der Waals surface area contributed by atoms with Crippen molar-refractivity contribution in [2.45, 2.75) is 65.0 Å². The first-order valence-corrected chi connectivity index (χ1v) is 8.39. The third-order valence-electron chi connectivity index (χ3n) is 4.20. The fraction of sp³-hybridized carbons (Fsp3) is 0.556. The molecule has 2 atom stereocenters. The quantitative estimate of drug-likeness (QED) is 0.676. The highest BCUT2D eigenvalue weighted by atomic mass is 16.2. The second kappa shape index (κ2) is 7.99. The normalized spacial score (nSPS) is 20.0. The van der Waals surface area contributed by atoms with Gasteiger partial charge in [-0.25, -0.2) is 4.79 Å². The Labute approximate surface area is 138 Å². The van der Waals surface area contributed by atoms with Crippen molar-refractivity contribution in [3.8, 4) is 0 Å². The SMILES string of the molecule is Cc1cc(C)cc(NC(=O)CCCCC[C@H]2NC(=O)N[C@@H]2C)c1. The summed E-state index contributed by atoms with van der Waals surface area (Å²) in [5, 5.41) is 8.73. The fourth-order valence-electron chi connectivity index (χ4n) is 3.06. The smallest absolute Gasteiger partial charge is 0.315 e. The number of urea groups is 1. The molecule has 3 amide bonds. The molecule has 3 N–H and O–H groups in total. The second-order valence-electron chi connectivity index (χ2n) is 6.54. The van der Waals surface area contributed by atoms with Crippen molar-refractivity contribution in [3.05, 3.63) is 29.3 Å². The van der Waals surface area contributed by atoms with E-state index in [1.807, 2.05) is 32.9 Å². The number of hydrogen-bond donors (Lipinski definition) is 3. The molecule has 0 radical (unpaired) electrons. The van der Waals surface area contributed by atoms with E-state index in [4.69, 9.17) is 0 Å². The van der Waals surface area contributed by atoms with E-state index >= 15 is 0 Å². The molecule has 1 aliphatic rings. The molecule has 0 bridgehead atoms. The standard InChI is InChI=1S/C18H27N3O2/c1-12-9-13(2)11-15(10-12)20-17(22)8-6-4-5-7-16-14(3)19-18(23)21-16/h9-11,14,16H,4-8H2,1-3H3,(H,20,22)(H2,19,21,23)/t14-,16-/m1/s1. The third-order valence-corrected chi connectivity index (χ3v) is 4.20. The zero-order valence-corrected chi connectivity index (χ0v) is 14.2. The van der Waals surface area contributed by atoms with Crippen LogP contribution in [0.4, 0.5) is 10.5 Å². The highest BCUT2D eigenvalue weighted by Gasteiger charge is 2.26. The molecule has 1 saturated heterocycles. The van der Waals surface area contributed by atoms with Gasteiger partial charge in [0.2, 0.25) is 5.91 Å². The van der Waals surface area contributed by atoms with Crippen LogP contribution in [0.15, 0.2) is 18.2 Å². The van der Waals surface area contributed by atoms with E-state index in [1.54, 1.807) is 0 Å². The van der Waals surface area contributed by atoms with Crippen LogP contribution in [0.1, 0.15) is 50.2 Å². The highest BCUT2D eigenvalue weighted by molar-refractivity contribution is 5.90. The van der Waals surface area contributed by atoms with Crippen LogP contribution in [-0.4, -0.2) is 24.0 Å². The van der Waals surface area contributed by atoms with E-state index in [1.165, 1.54) is 0 Å². The van der Waals surface area contributed by atoms with Crippen molar-refractivity contribution in [2.24, 2.45) is 0 Å². The molecular weight excluding hydrogens is 290 g/mol. The number of unbranched alkanes of at least 4 members (excludes halogenated alkanes) is 2. The molecule has 5 nitrogen and oxygen atoms in total. The van der Waals surface area contributed by atoms with Crippen molar-refractivity contribution in [3.63, 3.8) is 0 Å². The number of nitrogens with one attached hydrogen (secondary N) is 3. The van der Waals surface area contributed by atoms with Gasteiger partial charge >= 0.3 is 6.03 Å². The summed E-state index contributed by atoms with van der Waals surface area (Å²) >= 11 is 0. The molecule has 0 unspecified atom stereocenters. The van der Waals surface area contributed by atoms with E-state index < -0.39 is 0 Å². The lowest BCUT2D eigenvalue weighted by molar-refractivity contribution is -0.116. The van der Waals surface area contributed by atoms with E-state index in [0.717, 1.165) is 42.5 Å². The van der Waals surface area contributed by atoms with Crippen LogP contribution < -0.4 is 16.0 Å². The third kappa shape index (κ3) is 5.58. The predicted molar refractivity (Wildman–Crippen MR) is 92.5 cm³/mol. The van der Waals surface area contributed by atoms with Gasteiger partial charge in [-0.1, -0.05) is 18.9 Å². The summed E-state index contributed by atoms with van der Waals surface area (Å²) in [5.41, 5.74) is 3.18. The van der Waals surface area contributed by atoms with E-state index in [2.05, 4.69) is 22.0 Å². The van der Waals surface area contributed by atoms with Crippen LogP contribution in [0.25, 0.3) is 0 Å². The number of aryl methyl sites for hydroxylation is 2. The summed E-state index contributed by atoms with van der Waals surface area (Å²) in [5.74, 6) is 0.0687. The van der Waals surface area contributed by atoms with E-state index in [0.29, 0.717) is 6.42 Å². The van der Waals surface area contributed by atoms with Crippen LogP contribution in [0.3, 0.4) is 0 Å². The first-order valence-electron chi connectivity index (χ1n) is 8.39. The van der Waals surface area contributed by atoms with Crippen molar-refractivity contribution in [1.29, 1.82) is 0 Å². The number of amides is 3. The monoisotopic (exact) mass is 317 g/mol. The van der Waals surface area contributed by atoms with Crippen molar-refractivity contribution < 1.29 is 9.59 Å². The number of anilines is 1. The van der Waals surface area contributed by atoms with Gasteiger partial charge in [-0.05, 0) is 56.9 Å². The van der Waals surface area contributed by atoms with Crippen molar-refractivity contribution >= 4 is 17.6 Å². The number of carbonyl (C=O) groups excluding carboxylic acids is 2. The zero-order chi connectivity index (χ0) is 16.8. The number of rotatable bonds is 7. The lowest BCUT2D eigenvalue weighted by Crippen LogP contribution is -2.30.